The third-order valence-electron chi connectivity index (χ3n) is 5.66. The molecule has 1 saturated heterocycles. The van der Waals surface area contributed by atoms with Gasteiger partial charge in [0.1, 0.15) is 36.7 Å². The molecular formula is C23H24BrCl2N3O6. The second-order valence-corrected chi connectivity index (χ2v) is 9.59. The van der Waals surface area contributed by atoms with Crippen molar-refractivity contribution in [2.75, 3.05) is 13.2 Å². The first kappa shape index (κ1) is 26.2. The summed E-state index contributed by atoms with van der Waals surface area (Å²) in [4.78, 5) is 16.8. The van der Waals surface area contributed by atoms with Crippen molar-refractivity contribution in [2.45, 2.75) is 43.9 Å². The minimum Gasteiger partial charge on any atom is -0.494 e. The summed E-state index contributed by atoms with van der Waals surface area (Å²) in [6, 6.07) is 9.53. The highest BCUT2D eigenvalue weighted by Crippen LogP contribution is 2.37. The van der Waals surface area contributed by atoms with E-state index in [0.29, 0.717) is 32.4 Å². The van der Waals surface area contributed by atoms with Crippen molar-refractivity contribution < 1.29 is 29.2 Å². The summed E-state index contributed by atoms with van der Waals surface area (Å²) < 4.78 is 18.5. The first-order valence-electron chi connectivity index (χ1n) is 10.9. The van der Waals surface area contributed by atoms with E-state index in [9.17, 15) is 15.0 Å². The molecule has 1 aliphatic heterocycles. The Morgan fingerprint density at radius 2 is 1.91 bits per heavy atom. The normalized spacial score (nSPS) is 22.9. The second-order valence-electron chi connectivity index (χ2n) is 8.07. The van der Waals surface area contributed by atoms with Gasteiger partial charge >= 0.3 is 5.97 Å². The maximum atomic E-state index is 12.4. The zero-order chi connectivity index (χ0) is 25.3. The maximum Gasteiger partial charge on any atom is 0.323 e. The number of fused-ring (bicyclic) bond motifs is 1. The predicted molar refractivity (Wildman–Crippen MR) is 134 cm³/mol. The Bertz CT molecular complexity index is 1210. The molecule has 0 radical (unpaired) electrons. The van der Waals surface area contributed by atoms with Gasteiger partial charge in [0.15, 0.2) is 11.0 Å². The van der Waals surface area contributed by atoms with Crippen LogP contribution in [0.5, 0.6) is 5.75 Å². The predicted octanol–water partition coefficient (Wildman–Crippen LogP) is 3.24. The molecule has 4 N–H and O–H groups in total. The second kappa shape index (κ2) is 11.0. The topological polar surface area (TPSA) is 129 Å². The van der Waals surface area contributed by atoms with Crippen molar-refractivity contribution >= 4 is 56.1 Å². The molecule has 5 atom stereocenters. The van der Waals surface area contributed by atoms with Crippen LogP contribution in [0.15, 0.2) is 41.1 Å². The van der Waals surface area contributed by atoms with E-state index in [0.717, 1.165) is 11.3 Å². The molecule has 188 valence electrons. The van der Waals surface area contributed by atoms with Crippen LogP contribution in [-0.2, 0) is 20.7 Å². The van der Waals surface area contributed by atoms with Crippen molar-refractivity contribution in [3.05, 3.63) is 56.7 Å². The molecule has 4 rings (SSSR count). The SMILES string of the molecule is CCOc1ccc(C[C@H](N)C(=O)OC[C@H]2OC(n3c(Br)nc4cc(Cl)c(Cl)cc43)[C@H](O)[C@@H]2O)cc1. The molecule has 0 bridgehead atoms. The Kier molecular flexibility index (Phi) is 8.22. The highest BCUT2D eigenvalue weighted by atomic mass is 79.9. The van der Waals surface area contributed by atoms with Gasteiger partial charge in [0.25, 0.3) is 0 Å². The zero-order valence-electron chi connectivity index (χ0n) is 18.6. The number of hydrogen-bond donors (Lipinski definition) is 3. The van der Waals surface area contributed by atoms with Gasteiger partial charge in [0.2, 0.25) is 0 Å². The Balaban J connectivity index is 1.39. The summed E-state index contributed by atoms with van der Waals surface area (Å²) in [5, 5.41) is 21.8. The van der Waals surface area contributed by atoms with Gasteiger partial charge in [-0.3, -0.25) is 9.36 Å². The van der Waals surface area contributed by atoms with Gasteiger partial charge in [0, 0.05) is 0 Å². The fourth-order valence-corrected chi connectivity index (χ4v) is 4.78. The molecule has 0 aliphatic carbocycles. The minimum atomic E-state index is -1.32. The highest BCUT2D eigenvalue weighted by molar-refractivity contribution is 9.10. The molecule has 1 fully saturated rings. The smallest absolute Gasteiger partial charge is 0.323 e. The van der Waals surface area contributed by atoms with E-state index in [-0.39, 0.29) is 13.0 Å². The molecule has 9 nitrogen and oxygen atoms in total. The number of rotatable bonds is 8. The van der Waals surface area contributed by atoms with Gasteiger partial charge in [-0.2, -0.15) is 0 Å². The van der Waals surface area contributed by atoms with Gasteiger partial charge < -0.3 is 30.2 Å². The molecule has 3 aromatic rings. The van der Waals surface area contributed by atoms with Gasteiger partial charge in [-0.25, -0.2) is 4.98 Å². The van der Waals surface area contributed by atoms with Crippen LogP contribution in [0, 0.1) is 0 Å². The minimum absolute atomic E-state index is 0.266. The van der Waals surface area contributed by atoms with Crippen LogP contribution < -0.4 is 10.5 Å². The summed E-state index contributed by atoms with van der Waals surface area (Å²) in [6.07, 6.45) is -4.37. The van der Waals surface area contributed by atoms with Crippen molar-refractivity contribution in [3.8, 4) is 5.75 Å². The summed E-state index contributed by atoms with van der Waals surface area (Å²) in [5.41, 5.74) is 7.91. The number of nitrogens with zero attached hydrogens (tertiary/aromatic N) is 2. The summed E-state index contributed by atoms with van der Waals surface area (Å²) in [5.74, 6) is 0.0823. The molecule has 1 aliphatic rings. The van der Waals surface area contributed by atoms with Crippen LogP contribution >= 0.6 is 39.1 Å². The Morgan fingerprint density at radius 3 is 2.60 bits per heavy atom. The fraction of sp³-hybridized carbons (Fsp3) is 0.391. The van der Waals surface area contributed by atoms with Gasteiger partial charge in [-0.05, 0) is 59.1 Å². The van der Waals surface area contributed by atoms with Crippen molar-refractivity contribution in [2.24, 2.45) is 5.73 Å². The van der Waals surface area contributed by atoms with Gasteiger partial charge in [0.05, 0.1) is 27.7 Å². The Hall–Kier alpha value is -1.92. The lowest BCUT2D eigenvalue weighted by Gasteiger charge is -2.18. The van der Waals surface area contributed by atoms with Crippen LogP contribution in [0.4, 0.5) is 0 Å². The summed E-state index contributed by atoms with van der Waals surface area (Å²) in [6.45, 7) is 2.17. The van der Waals surface area contributed by atoms with E-state index in [4.69, 9.17) is 43.1 Å². The van der Waals surface area contributed by atoms with Crippen LogP contribution in [0.3, 0.4) is 0 Å². The average molecular weight is 589 g/mol. The molecule has 1 aromatic heterocycles. The molecule has 12 heteroatoms. The summed E-state index contributed by atoms with van der Waals surface area (Å²) >= 11 is 15.6. The van der Waals surface area contributed by atoms with Gasteiger partial charge in [-0.15, -0.1) is 0 Å². The van der Waals surface area contributed by atoms with Crippen LogP contribution in [0.1, 0.15) is 18.7 Å². The number of halogens is 3. The van der Waals surface area contributed by atoms with E-state index in [1.807, 2.05) is 19.1 Å². The Labute approximate surface area is 219 Å². The summed E-state index contributed by atoms with van der Waals surface area (Å²) in [7, 11) is 0. The standard InChI is InChI=1S/C23H24BrCl2N3O6/c1-2-33-12-5-3-11(4-6-12)7-15(27)22(32)34-10-18-19(30)20(31)21(35-18)29-17-9-14(26)13(25)8-16(17)28-23(29)24/h3-6,8-9,15,18-21,30-31H,2,7,10,27H2,1H3/t15-,18+,19+,20+,21?/m0/s1. The number of esters is 1. The molecule has 2 heterocycles. The van der Waals surface area contributed by atoms with Crippen LogP contribution in [0.25, 0.3) is 11.0 Å². The molecule has 0 amide bonds. The monoisotopic (exact) mass is 587 g/mol. The quantitative estimate of drug-likeness (QED) is 0.342. The fourth-order valence-electron chi connectivity index (χ4n) is 3.88. The third kappa shape index (κ3) is 5.59. The number of benzene rings is 2. The number of nitrogens with two attached hydrogens (primary N) is 1. The molecule has 35 heavy (non-hydrogen) atoms. The molecular weight excluding hydrogens is 565 g/mol. The highest BCUT2D eigenvalue weighted by Gasteiger charge is 2.45. The van der Waals surface area contributed by atoms with E-state index >= 15 is 0 Å². The lowest BCUT2D eigenvalue weighted by Crippen LogP contribution is -2.38. The Morgan fingerprint density at radius 1 is 1.23 bits per heavy atom. The van der Waals surface area contributed by atoms with Crippen molar-refractivity contribution in [3.63, 3.8) is 0 Å². The number of carbonyl (C=O) groups excluding carboxylic acids is 1. The van der Waals surface area contributed by atoms with E-state index in [1.165, 1.54) is 0 Å². The average Bonchev–Trinajstić information content (AvgIpc) is 3.28. The zero-order valence-corrected chi connectivity index (χ0v) is 21.7. The number of ether oxygens (including phenoxy) is 3. The first-order chi connectivity index (χ1) is 16.7. The third-order valence-corrected chi connectivity index (χ3v) is 6.94. The number of carbonyl (C=O) groups is 1. The van der Waals surface area contributed by atoms with Crippen LogP contribution in [0.2, 0.25) is 10.0 Å². The molecule has 2 aromatic carbocycles. The molecule has 0 spiro atoms. The first-order valence-corrected chi connectivity index (χ1v) is 12.4. The lowest BCUT2D eigenvalue weighted by molar-refractivity contribution is -0.151. The van der Waals surface area contributed by atoms with Crippen LogP contribution in [-0.4, -0.2) is 63.3 Å². The number of aliphatic hydroxyl groups excluding tert-OH is 2. The number of imidazole rings is 1. The van der Waals surface area contributed by atoms with Crippen molar-refractivity contribution in [1.29, 1.82) is 0 Å². The number of aliphatic hydroxyl groups is 2. The lowest BCUT2D eigenvalue weighted by atomic mass is 10.1. The maximum absolute atomic E-state index is 12.4. The number of hydrogen-bond acceptors (Lipinski definition) is 8. The van der Waals surface area contributed by atoms with E-state index in [1.54, 1.807) is 28.8 Å². The molecule has 0 saturated carbocycles. The number of aromatic nitrogens is 2. The van der Waals surface area contributed by atoms with Crippen molar-refractivity contribution in [1.82, 2.24) is 9.55 Å². The molecule has 1 unspecified atom stereocenters. The van der Waals surface area contributed by atoms with E-state index < -0.39 is 36.6 Å². The largest absolute Gasteiger partial charge is 0.494 e. The van der Waals surface area contributed by atoms with E-state index in [2.05, 4.69) is 20.9 Å². The van der Waals surface area contributed by atoms with Gasteiger partial charge in [-0.1, -0.05) is 35.3 Å².